The molecular weight excluding hydrogens is 416 g/mol. The molecule has 0 amide bonds. The minimum atomic E-state index is -0.463. The summed E-state index contributed by atoms with van der Waals surface area (Å²) in [6.07, 6.45) is 1.67. The van der Waals surface area contributed by atoms with Gasteiger partial charge in [-0.2, -0.15) is 0 Å². The zero-order valence-corrected chi connectivity index (χ0v) is 19.4. The van der Waals surface area contributed by atoms with Crippen LogP contribution in [0.2, 0.25) is 0 Å². The highest BCUT2D eigenvalue weighted by Crippen LogP contribution is 2.39. The summed E-state index contributed by atoms with van der Waals surface area (Å²) >= 11 is 0. The van der Waals surface area contributed by atoms with E-state index in [1.54, 1.807) is 44.4 Å². The summed E-state index contributed by atoms with van der Waals surface area (Å²) in [5.74, 6) is 0.981. The largest absolute Gasteiger partial charge is 0.497 e. The fraction of sp³-hybridized carbons (Fsp3) is 0.214. The normalized spacial score (nSPS) is 14.1. The first kappa shape index (κ1) is 22.3. The molecule has 0 unspecified atom stereocenters. The lowest BCUT2D eigenvalue weighted by Crippen LogP contribution is -2.13. The number of rotatable bonds is 4. The van der Waals surface area contributed by atoms with Crippen LogP contribution in [-0.4, -0.2) is 18.9 Å². The van der Waals surface area contributed by atoms with Gasteiger partial charge in [-0.3, -0.25) is 4.79 Å². The second-order valence-corrected chi connectivity index (χ2v) is 9.00. The summed E-state index contributed by atoms with van der Waals surface area (Å²) in [4.78, 5) is 25.5. The van der Waals surface area contributed by atoms with Crippen molar-refractivity contribution in [3.63, 3.8) is 0 Å². The molecule has 0 atom stereocenters. The number of carbonyl (C=O) groups is 2. The van der Waals surface area contributed by atoms with Crippen molar-refractivity contribution in [2.45, 2.75) is 33.1 Å². The van der Waals surface area contributed by atoms with Crippen LogP contribution < -0.4 is 14.2 Å². The molecule has 3 aromatic rings. The maximum atomic E-state index is 12.8. The zero-order chi connectivity index (χ0) is 23.8. The van der Waals surface area contributed by atoms with Gasteiger partial charge in [0.1, 0.15) is 17.2 Å². The average molecular weight is 443 g/mol. The quantitative estimate of drug-likeness (QED) is 0.276. The molecule has 0 radical (unpaired) electrons. The molecule has 1 aliphatic rings. The Labute approximate surface area is 193 Å². The van der Waals surface area contributed by atoms with Crippen LogP contribution in [0, 0.1) is 6.92 Å². The number of allylic oxidation sites excluding steroid dienone is 1. The maximum Gasteiger partial charge on any atom is 0.343 e. The van der Waals surface area contributed by atoms with Crippen molar-refractivity contribution in [3.8, 4) is 17.2 Å². The van der Waals surface area contributed by atoms with Gasteiger partial charge in [0.15, 0.2) is 5.76 Å². The highest BCUT2D eigenvalue weighted by molar-refractivity contribution is 6.15. The van der Waals surface area contributed by atoms with E-state index in [1.807, 2.05) is 36.4 Å². The molecule has 33 heavy (non-hydrogen) atoms. The van der Waals surface area contributed by atoms with Crippen LogP contribution >= 0.6 is 0 Å². The number of hydrogen-bond acceptors (Lipinski definition) is 5. The highest BCUT2D eigenvalue weighted by atomic mass is 16.5. The standard InChI is InChI=1S/C28H26O5/c1-17-23(33-27(30)19-9-11-20(12-10-19)28(2,3)4)14-13-22-25(29)24(32-26(17)22)16-18-7-6-8-21(15-18)31-5/h6-16H,1-5H3/b24-16-. The van der Waals surface area contributed by atoms with Gasteiger partial charge >= 0.3 is 5.97 Å². The Hall–Kier alpha value is -3.86. The van der Waals surface area contributed by atoms with Gasteiger partial charge in [0.05, 0.1) is 18.2 Å². The Morgan fingerprint density at radius 1 is 1.00 bits per heavy atom. The first-order valence-corrected chi connectivity index (χ1v) is 10.7. The molecule has 168 valence electrons. The molecule has 1 aliphatic heterocycles. The van der Waals surface area contributed by atoms with Crippen LogP contribution in [0.3, 0.4) is 0 Å². The predicted octanol–water partition coefficient (Wildman–Crippen LogP) is 6.14. The zero-order valence-electron chi connectivity index (χ0n) is 19.4. The number of ether oxygens (including phenoxy) is 3. The summed E-state index contributed by atoms with van der Waals surface area (Å²) in [5.41, 5.74) is 3.41. The SMILES string of the molecule is COc1cccc(/C=C2\Oc3c(ccc(OC(=O)c4ccc(C(C)(C)C)cc4)c3C)C2=O)c1. The van der Waals surface area contributed by atoms with Crippen molar-refractivity contribution in [2.24, 2.45) is 0 Å². The van der Waals surface area contributed by atoms with Crippen LogP contribution in [0.5, 0.6) is 17.2 Å². The minimum Gasteiger partial charge on any atom is -0.497 e. The third kappa shape index (κ3) is 4.53. The Balaban J connectivity index is 1.56. The van der Waals surface area contributed by atoms with Crippen molar-refractivity contribution >= 4 is 17.8 Å². The average Bonchev–Trinajstić information content (AvgIpc) is 3.11. The van der Waals surface area contributed by atoms with E-state index in [9.17, 15) is 9.59 Å². The van der Waals surface area contributed by atoms with Crippen LogP contribution in [-0.2, 0) is 5.41 Å². The van der Waals surface area contributed by atoms with Crippen LogP contribution in [0.1, 0.15) is 58.2 Å². The van der Waals surface area contributed by atoms with Gasteiger partial charge in [-0.25, -0.2) is 4.79 Å². The second-order valence-electron chi connectivity index (χ2n) is 9.00. The van der Waals surface area contributed by atoms with E-state index < -0.39 is 5.97 Å². The number of hydrogen-bond donors (Lipinski definition) is 0. The molecular formula is C28H26O5. The summed E-state index contributed by atoms with van der Waals surface area (Å²) in [6.45, 7) is 8.12. The third-order valence-corrected chi connectivity index (χ3v) is 5.62. The predicted molar refractivity (Wildman–Crippen MR) is 127 cm³/mol. The van der Waals surface area contributed by atoms with Crippen LogP contribution in [0.25, 0.3) is 6.08 Å². The van der Waals surface area contributed by atoms with Crippen molar-refractivity contribution < 1.29 is 23.8 Å². The smallest absolute Gasteiger partial charge is 0.343 e. The van der Waals surface area contributed by atoms with Crippen LogP contribution in [0.15, 0.2) is 66.4 Å². The van der Waals surface area contributed by atoms with Crippen molar-refractivity contribution in [1.82, 2.24) is 0 Å². The van der Waals surface area contributed by atoms with Gasteiger partial charge in [0.25, 0.3) is 0 Å². The number of fused-ring (bicyclic) bond motifs is 1. The first-order chi connectivity index (χ1) is 15.7. The molecule has 5 nitrogen and oxygen atoms in total. The lowest BCUT2D eigenvalue weighted by molar-refractivity contribution is 0.0733. The summed E-state index contributed by atoms with van der Waals surface area (Å²) in [5, 5.41) is 0. The number of esters is 1. The molecule has 0 aliphatic carbocycles. The summed E-state index contributed by atoms with van der Waals surface area (Å²) in [7, 11) is 1.59. The summed E-state index contributed by atoms with van der Waals surface area (Å²) in [6, 6.07) is 18.0. The van der Waals surface area contributed by atoms with Gasteiger partial charge in [-0.15, -0.1) is 0 Å². The minimum absolute atomic E-state index is 0.00100. The van der Waals surface area contributed by atoms with Gasteiger partial charge in [0, 0.05) is 5.56 Å². The van der Waals surface area contributed by atoms with Gasteiger partial charge in [0.2, 0.25) is 5.78 Å². The van der Waals surface area contributed by atoms with Gasteiger partial charge in [-0.05, 0) is 65.9 Å². The Bertz CT molecular complexity index is 1260. The van der Waals surface area contributed by atoms with E-state index in [1.165, 1.54) is 0 Å². The van der Waals surface area contributed by atoms with E-state index in [0.29, 0.717) is 33.9 Å². The number of Topliss-reactive ketones (excluding diaryl/α,β-unsaturated/α-hetero) is 1. The van der Waals surface area contributed by atoms with E-state index >= 15 is 0 Å². The monoisotopic (exact) mass is 442 g/mol. The van der Waals surface area contributed by atoms with E-state index in [2.05, 4.69) is 20.8 Å². The van der Waals surface area contributed by atoms with Crippen molar-refractivity contribution in [2.75, 3.05) is 7.11 Å². The van der Waals surface area contributed by atoms with Crippen molar-refractivity contribution in [1.29, 1.82) is 0 Å². The molecule has 0 saturated heterocycles. The van der Waals surface area contributed by atoms with Gasteiger partial charge < -0.3 is 14.2 Å². The van der Waals surface area contributed by atoms with Gasteiger partial charge in [-0.1, -0.05) is 45.0 Å². The van der Waals surface area contributed by atoms with Crippen molar-refractivity contribution in [3.05, 3.63) is 94.2 Å². The first-order valence-electron chi connectivity index (χ1n) is 10.7. The Kier molecular flexibility index (Phi) is 5.81. The molecule has 5 heteroatoms. The highest BCUT2D eigenvalue weighted by Gasteiger charge is 2.30. The number of benzene rings is 3. The fourth-order valence-corrected chi connectivity index (χ4v) is 3.63. The molecule has 3 aromatic carbocycles. The molecule has 0 saturated carbocycles. The number of methoxy groups -OCH3 is 1. The molecule has 0 N–H and O–H groups in total. The topological polar surface area (TPSA) is 61.8 Å². The summed E-state index contributed by atoms with van der Waals surface area (Å²) < 4.78 is 16.8. The fourth-order valence-electron chi connectivity index (χ4n) is 3.63. The molecule has 1 heterocycles. The third-order valence-electron chi connectivity index (χ3n) is 5.62. The van der Waals surface area contributed by atoms with E-state index in [0.717, 1.165) is 11.1 Å². The van der Waals surface area contributed by atoms with Crippen LogP contribution in [0.4, 0.5) is 0 Å². The Morgan fingerprint density at radius 3 is 2.39 bits per heavy atom. The molecule has 4 rings (SSSR count). The lowest BCUT2D eigenvalue weighted by Gasteiger charge is -2.19. The Morgan fingerprint density at radius 2 is 1.73 bits per heavy atom. The maximum absolute atomic E-state index is 12.8. The van der Waals surface area contributed by atoms with E-state index in [4.69, 9.17) is 14.2 Å². The van der Waals surface area contributed by atoms with E-state index in [-0.39, 0.29) is 17.0 Å². The molecule has 0 aromatic heterocycles. The lowest BCUT2D eigenvalue weighted by atomic mass is 9.87. The second kappa shape index (κ2) is 8.58. The molecule has 0 fully saturated rings. The number of carbonyl (C=O) groups excluding carboxylic acids is 2. The molecule has 0 bridgehead atoms. The number of ketones is 1. The molecule has 0 spiro atoms.